The normalized spacial score (nSPS) is 14.9. The van der Waals surface area contributed by atoms with E-state index in [1.54, 1.807) is 13.8 Å². The summed E-state index contributed by atoms with van der Waals surface area (Å²) in [5.74, 6) is 0.859. The number of hydrogen-bond acceptors (Lipinski definition) is 3. The molecule has 0 rings (SSSR count). The molecule has 0 aromatic rings. The molecule has 15 heavy (non-hydrogen) atoms. The molecule has 3 nitrogen and oxygen atoms in total. The van der Waals surface area contributed by atoms with E-state index < -0.39 is 9.84 Å². The molecule has 4 heteroatoms. The molecule has 0 heterocycles. The fourth-order valence-electron chi connectivity index (χ4n) is 1.51. The van der Waals surface area contributed by atoms with E-state index in [1.165, 1.54) is 0 Å². The minimum absolute atomic E-state index is 0.146. The van der Waals surface area contributed by atoms with E-state index in [2.05, 4.69) is 13.8 Å². The highest BCUT2D eigenvalue weighted by Crippen LogP contribution is 2.10. The van der Waals surface area contributed by atoms with Crippen LogP contribution in [-0.2, 0) is 9.84 Å². The first kappa shape index (κ1) is 14.9. The first-order valence-electron chi connectivity index (χ1n) is 5.73. The topological polar surface area (TPSA) is 60.2 Å². The summed E-state index contributed by atoms with van der Waals surface area (Å²) < 4.78 is 23.0. The number of hydrogen-bond donors (Lipinski definition) is 1. The summed E-state index contributed by atoms with van der Waals surface area (Å²) in [5.41, 5.74) is 5.89. The van der Waals surface area contributed by atoms with Gasteiger partial charge in [0.05, 0.1) is 11.0 Å². The average Bonchev–Trinajstić information content (AvgIpc) is 2.01. The zero-order valence-electron chi connectivity index (χ0n) is 10.4. The van der Waals surface area contributed by atoms with Crippen LogP contribution in [0.1, 0.15) is 47.0 Å². The van der Waals surface area contributed by atoms with E-state index in [-0.39, 0.29) is 17.0 Å². The largest absolute Gasteiger partial charge is 0.328 e. The molecule has 0 fully saturated rings. The van der Waals surface area contributed by atoms with Crippen molar-refractivity contribution in [2.45, 2.75) is 58.2 Å². The second-order valence-electron chi connectivity index (χ2n) is 4.95. The molecule has 0 aliphatic rings. The lowest BCUT2D eigenvalue weighted by atomic mass is 10.0. The van der Waals surface area contributed by atoms with Gasteiger partial charge in [0.1, 0.15) is 0 Å². The van der Waals surface area contributed by atoms with Crippen molar-refractivity contribution in [1.82, 2.24) is 0 Å². The second kappa shape index (κ2) is 6.48. The molecule has 0 aromatic heterocycles. The maximum atomic E-state index is 11.5. The first-order valence-corrected chi connectivity index (χ1v) is 7.44. The van der Waals surface area contributed by atoms with Gasteiger partial charge in [-0.25, -0.2) is 8.42 Å². The Morgan fingerprint density at radius 3 is 2.07 bits per heavy atom. The van der Waals surface area contributed by atoms with Crippen LogP contribution in [0.25, 0.3) is 0 Å². The molecule has 92 valence electrons. The molecular weight excluding hydrogens is 210 g/mol. The van der Waals surface area contributed by atoms with E-state index >= 15 is 0 Å². The van der Waals surface area contributed by atoms with Crippen molar-refractivity contribution < 1.29 is 8.42 Å². The molecule has 2 N–H and O–H groups in total. The maximum Gasteiger partial charge on any atom is 0.152 e. The predicted molar refractivity (Wildman–Crippen MR) is 65.6 cm³/mol. The lowest BCUT2D eigenvalue weighted by Gasteiger charge is -2.14. The van der Waals surface area contributed by atoms with Gasteiger partial charge in [-0.15, -0.1) is 0 Å². The lowest BCUT2D eigenvalue weighted by Crippen LogP contribution is -2.24. The fourth-order valence-corrected chi connectivity index (χ4v) is 2.55. The minimum Gasteiger partial charge on any atom is -0.328 e. The van der Waals surface area contributed by atoms with E-state index in [0.29, 0.717) is 12.3 Å². The van der Waals surface area contributed by atoms with Gasteiger partial charge in [-0.05, 0) is 39.0 Å². The highest BCUT2D eigenvalue weighted by atomic mass is 32.2. The van der Waals surface area contributed by atoms with Crippen LogP contribution in [0.5, 0.6) is 0 Å². The fraction of sp³-hybridized carbons (Fsp3) is 1.00. The Labute approximate surface area is 94.4 Å². The van der Waals surface area contributed by atoms with Gasteiger partial charge in [0, 0.05) is 6.04 Å². The smallest absolute Gasteiger partial charge is 0.152 e. The van der Waals surface area contributed by atoms with E-state index in [0.717, 1.165) is 12.8 Å². The van der Waals surface area contributed by atoms with Gasteiger partial charge in [-0.2, -0.15) is 0 Å². The van der Waals surface area contributed by atoms with Crippen LogP contribution in [0, 0.1) is 5.92 Å². The van der Waals surface area contributed by atoms with Crippen molar-refractivity contribution in [2.75, 3.05) is 5.75 Å². The highest BCUT2D eigenvalue weighted by Gasteiger charge is 2.16. The minimum atomic E-state index is -2.88. The summed E-state index contributed by atoms with van der Waals surface area (Å²) in [6.45, 7) is 7.71. The zero-order valence-corrected chi connectivity index (χ0v) is 11.2. The Bertz CT molecular complexity index is 258. The Hall–Kier alpha value is -0.0900. The van der Waals surface area contributed by atoms with Crippen molar-refractivity contribution >= 4 is 9.84 Å². The molecule has 0 amide bonds. The van der Waals surface area contributed by atoms with Crippen LogP contribution in [0.3, 0.4) is 0 Å². The zero-order chi connectivity index (χ0) is 12.1. The molecule has 1 atom stereocenters. The van der Waals surface area contributed by atoms with Crippen molar-refractivity contribution in [3.05, 3.63) is 0 Å². The van der Waals surface area contributed by atoms with Gasteiger partial charge in [-0.1, -0.05) is 13.8 Å². The molecule has 0 radical (unpaired) electrons. The quantitative estimate of drug-likeness (QED) is 0.734. The van der Waals surface area contributed by atoms with Crippen molar-refractivity contribution in [1.29, 1.82) is 0 Å². The van der Waals surface area contributed by atoms with Crippen LogP contribution >= 0.6 is 0 Å². The van der Waals surface area contributed by atoms with Crippen LogP contribution in [0.15, 0.2) is 0 Å². The third kappa shape index (κ3) is 6.90. The molecule has 0 aromatic carbocycles. The standard InChI is InChI=1S/C11H25NO2S/c1-9(2)8-11(12)6-5-7-15(13,14)10(3)4/h9-11H,5-8,12H2,1-4H3. The van der Waals surface area contributed by atoms with Crippen LogP contribution in [0.4, 0.5) is 0 Å². The van der Waals surface area contributed by atoms with Gasteiger partial charge in [0.15, 0.2) is 9.84 Å². The summed E-state index contributed by atoms with van der Waals surface area (Å²) in [7, 11) is -2.88. The molecule has 0 aliphatic heterocycles. The molecule has 0 spiro atoms. The Morgan fingerprint density at radius 1 is 1.13 bits per heavy atom. The summed E-state index contributed by atoms with van der Waals surface area (Å²) >= 11 is 0. The number of nitrogens with two attached hydrogens (primary N) is 1. The summed E-state index contributed by atoms with van der Waals surface area (Å²) in [6.07, 6.45) is 2.47. The molecule has 0 bridgehead atoms. The lowest BCUT2D eigenvalue weighted by molar-refractivity contribution is 0.469. The average molecular weight is 235 g/mol. The summed E-state index contributed by atoms with van der Waals surface area (Å²) in [5, 5.41) is -0.265. The SMILES string of the molecule is CC(C)CC(N)CCCS(=O)(=O)C(C)C. The highest BCUT2D eigenvalue weighted by molar-refractivity contribution is 7.91. The van der Waals surface area contributed by atoms with Crippen LogP contribution < -0.4 is 5.73 Å². The predicted octanol–water partition coefficient (Wildman–Crippen LogP) is 1.96. The maximum absolute atomic E-state index is 11.5. The van der Waals surface area contributed by atoms with Gasteiger partial charge < -0.3 is 5.73 Å². The first-order chi connectivity index (χ1) is 6.75. The monoisotopic (exact) mass is 235 g/mol. The van der Waals surface area contributed by atoms with Crippen molar-refractivity contribution in [3.8, 4) is 0 Å². The Balaban J connectivity index is 3.80. The molecule has 0 aliphatic carbocycles. The Kier molecular flexibility index (Phi) is 6.44. The van der Waals surface area contributed by atoms with Crippen molar-refractivity contribution in [2.24, 2.45) is 11.7 Å². The Morgan fingerprint density at radius 2 is 1.67 bits per heavy atom. The van der Waals surface area contributed by atoms with Crippen molar-refractivity contribution in [3.63, 3.8) is 0 Å². The van der Waals surface area contributed by atoms with Gasteiger partial charge >= 0.3 is 0 Å². The second-order valence-corrected chi connectivity index (χ2v) is 7.62. The summed E-state index contributed by atoms with van der Waals surface area (Å²) in [4.78, 5) is 0. The molecule has 0 saturated heterocycles. The van der Waals surface area contributed by atoms with Crippen LogP contribution in [0.2, 0.25) is 0 Å². The third-order valence-electron chi connectivity index (χ3n) is 2.50. The number of rotatable bonds is 7. The molecule has 1 unspecified atom stereocenters. The van der Waals surface area contributed by atoms with Gasteiger partial charge in [0.2, 0.25) is 0 Å². The third-order valence-corrected chi connectivity index (χ3v) is 4.79. The van der Waals surface area contributed by atoms with Gasteiger partial charge in [-0.3, -0.25) is 0 Å². The van der Waals surface area contributed by atoms with E-state index in [4.69, 9.17) is 5.73 Å². The number of sulfone groups is 1. The molecule has 0 saturated carbocycles. The van der Waals surface area contributed by atoms with E-state index in [9.17, 15) is 8.42 Å². The summed E-state index contributed by atoms with van der Waals surface area (Å²) in [6, 6.07) is 0.146. The van der Waals surface area contributed by atoms with Crippen LogP contribution in [-0.4, -0.2) is 25.5 Å². The van der Waals surface area contributed by atoms with E-state index in [1.807, 2.05) is 0 Å². The molecular formula is C11H25NO2S. The van der Waals surface area contributed by atoms with Gasteiger partial charge in [0.25, 0.3) is 0 Å².